The van der Waals surface area contributed by atoms with Gasteiger partial charge in [-0.25, -0.2) is 19.2 Å². The van der Waals surface area contributed by atoms with E-state index in [1.165, 1.54) is 17.9 Å². The molecule has 1 saturated heterocycles. The van der Waals surface area contributed by atoms with Crippen molar-refractivity contribution in [3.8, 4) is 11.1 Å². The van der Waals surface area contributed by atoms with Crippen LogP contribution in [-0.2, 0) is 29.2 Å². The number of nitrogens with zero attached hydrogens (tertiary/aromatic N) is 4. The molecule has 2 aromatic heterocycles. The van der Waals surface area contributed by atoms with Crippen LogP contribution < -0.4 is 10.2 Å². The number of aromatic amines is 2. The molecule has 4 aromatic rings. The first kappa shape index (κ1) is 25.2. The van der Waals surface area contributed by atoms with Crippen LogP contribution >= 0.6 is 0 Å². The first-order valence-electron chi connectivity index (χ1n) is 12.2. The van der Waals surface area contributed by atoms with E-state index in [4.69, 9.17) is 4.74 Å². The van der Waals surface area contributed by atoms with Crippen molar-refractivity contribution in [2.24, 2.45) is 0 Å². The van der Waals surface area contributed by atoms with Crippen LogP contribution in [0.1, 0.15) is 23.9 Å². The van der Waals surface area contributed by atoms with Crippen LogP contribution in [0.25, 0.3) is 11.1 Å². The fourth-order valence-corrected chi connectivity index (χ4v) is 4.44. The third kappa shape index (κ3) is 6.06. The number of halogens is 1. The molecule has 1 aliphatic rings. The van der Waals surface area contributed by atoms with E-state index >= 15 is 4.39 Å². The third-order valence-electron chi connectivity index (χ3n) is 6.29. The summed E-state index contributed by atoms with van der Waals surface area (Å²) in [5.74, 6) is -0.641. The number of hydrogen-bond donors (Lipinski definition) is 3. The zero-order valence-corrected chi connectivity index (χ0v) is 20.9. The van der Waals surface area contributed by atoms with E-state index in [2.05, 4.69) is 30.2 Å². The maximum atomic E-state index is 15.1. The van der Waals surface area contributed by atoms with E-state index in [0.717, 1.165) is 22.5 Å². The normalized spacial score (nSPS) is 15.2. The van der Waals surface area contributed by atoms with Crippen molar-refractivity contribution < 1.29 is 18.7 Å². The van der Waals surface area contributed by atoms with Crippen LogP contribution in [0, 0.1) is 5.82 Å². The van der Waals surface area contributed by atoms with Gasteiger partial charge in [0.25, 0.3) is 0 Å². The Morgan fingerprint density at radius 3 is 2.34 bits per heavy atom. The topological polar surface area (TPSA) is 119 Å². The number of carbonyl (C=O) groups is 2. The highest BCUT2D eigenvalue weighted by atomic mass is 19.1. The SMILES string of the molecule is CC(=O)NCC1CN(c2ccc(-c3ccc(CN(Cc4cnc[nH]4)Cc4cnc[nH]4)cc3)c(F)c2)C(=O)O1. The number of carbonyl (C=O) groups excluding carboxylic acids is 2. The van der Waals surface area contributed by atoms with Crippen molar-refractivity contribution in [2.45, 2.75) is 32.7 Å². The molecule has 0 radical (unpaired) electrons. The summed E-state index contributed by atoms with van der Waals surface area (Å²) in [4.78, 5) is 41.5. The zero-order valence-electron chi connectivity index (χ0n) is 20.9. The highest BCUT2D eigenvalue weighted by molar-refractivity contribution is 5.90. The molecule has 3 heterocycles. The minimum absolute atomic E-state index is 0.204. The molecule has 38 heavy (non-hydrogen) atoms. The van der Waals surface area contributed by atoms with Crippen molar-refractivity contribution in [1.82, 2.24) is 30.2 Å². The minimum Gasteiger partial charge on any atom is -0.442 e. The van der Waals surface area contributed by atoms with Gasteiger partial charge in [-0.3, -0.25) is 14.6 Å². The van der Waals surface area contributed by atoms with Gasteiger partial charge in [0.15, 0.2) is 0 Å². The van der Waals surface area contributed by atoms with Crippen molar-refractivity contribution in [2.75, 3.05) is 18.0 Å². The van der Waals surface area contributed by atoms with E-state index in [1.54, 1.807) is 37.2 Å². The maximum Gasteiger partial charge on any atom is 0.414 e. The van der Waals surface area contributed by atoms with E-state index in [9.17, 15) is 9.59 Å². The molecule has 3 N–H and O–H groups in total. The molecule has 11 heteroatoms. The quantitative estimate of drug-likeness (QED) is 0.296. The number of imidazole rings is 2. The fourth-order valence-electron chi connectivity index (χ4n) is 4.44. The second-order valence-electron chi connectivity index (χ2n) is 9.21. The van der Waals surface area contributed by atoms with Crippen molar-refractivity contribution >= 4 is 17.7 Å². The summed E-state index contributed by atoms with van der Waals surface area (Å²) in [7, 11) is 0. The van der Waals surface area contributed by atoms with E-state index in [-0.39, 0.29) is 19.0 Å². The Kier molecular flexibility index (Phi) is 7.45. The number of anilines is 1. The van der Waals surface area contributed by atoms with Gasteiger partial charge in [0, 0.05) is 55.9 Å². The second kappa shape index (κ2) is 11.3. The summed E-state index contributed by atoms with van der Waals surface area (Å²) in [6, 6.07) is 12.5. The molecule has 0 spiro atoms. The highest BCUT2D eigenvalue weighted by Gasteiger charge is 2.32. The molecule has 2 amide bonds. The number of H-pyrrole nitrogens is 2. The molecule has 5 rings (SSSR count). The first-order valence-corrected chi connectivity index (χ1v) is 12.2. The van der Waals surface area contributed by atoms with Crippen LogP contribution in [0.3, 0.4) is 0 Å². The average Bonchev–Trinajstić information content (AvgIpc) is 3.67. The van der Waals surface area contributed by atoms with Gasteiger partial charge >= 0.3 is 6.09 Å². The van der Waals surface area contributed by atoms with Gasteiger partial charge in [0.05, 0.1) is 31.4 Å². The Hall–Kier alpha value is -4.51. The van der Waals surface area contributed by atoms with E-state index < -0.39 is 18.0 Å². The number of nitrogens with one attached hydrogen (secondary N) is 3. The minimum atomic E-state index is -0.563. The summed E-state index contributed by atoms with van der Waals surface area (Å²) in [6.07, 6.45) is 5.89. The highest BCUT2D eigenvalue weighted by Crippen LogP contribution is 2.29. The second-order valence-corrected chi connectivity index (χ2v) is 9.21. The van der Waals surface area contributed by atoms with Crippen LogP contribution in [0.2, 0.25) is 0 Å². The number of ether oxygens (including phenoxy) is 1. The average molecular weight is 518 g/mol. The third-order valence-corrected chi connectivity index (χ3v) is 6.29. The smallest absolute Gasteiger partial charge is 0.414 e. The number of cyclic esters (lactones) is 1. The molecule has 1 unspecified atom stereocenters. The van der Waals surface area contributed by atoms with Crippen LogP contribution in [0.4, 0.5) is 14.9 Å². The van der Waals surface area contributed by atoms with Crippen LogP contribution in [0.5, 0.6) is 0 Å². The Bertz CT molecular complexity index is 1340. The number of rotatable bonds is 10. The van der Waals surface area contributed by atoms with Crippen LogP contribution in [0.15, 0.2) is 67.5 Å². The zero-order chi connectivity index (χ0) is 26.5. The van der Waals surface area contributed by atoms with Gasteiger partial charge in [0.2, 0.25) is 5.91 Å². The van der Waals surface area contributed by atoms with E-state index in [1.807, 2.05) is 24.3 Å². The lowest BCUT2D eigenvalue weighted by atomic mass is 10.0. The molecule has 0 saturated carbocycles. The predicted molar refractivity (Wildman–Crippen MR) is 138 cm³/mol. The molecule has 2 aromatic carbocycles. The van der Waals surface area contributed by atoms with Gasteiger partial charge in [-0.15, -0.1) is 0 Å². The predicted octanol–water partition coefficient (Wildman–Crippen LogP) is 3.60. The molecular formula is C27H28FN7O3. The standard InChI is InChI=1S/C27H28FN7O3/c1-18(36)31-11-24-15-35(27(37)38-24)23-6-7-25(26(28)8-23)20-4-2-19(3-5-20)12-34(13-21-9-29-16-32-21)14-22-10-30-17-33-22/h2-10,16-17,24H,11-15H2,1H3,(H,29,32)(H,30,33)(H,31,36). The monoisotopic (exact) mass is 517 g/mol. The maximum absolute atomic E-state index is 15.1. The van der Waals surface area contributed by atoms with Gasteiger partial charge < -0.3 is 20.0 Å². The Morgan fingerprint density at radius 2 is 1.76 bits per heavy atom. The summed E-state index contributed by atoms with van der Waals surface area (Å²) < 4.78 is 20.4. The fraction of sp³-hybridized carbons (Fsp3) is 0.259. The number of benzene rings is 2. The Morgan fingerprint density at radius 1 is 1.08 bits per heavy atom. The molecule has 1 atom stereocenters. The summed E-state index contributed by atoms with van der Waals surface area (Å²) in [6.45, 7) is 3.89. The molecular weight excluding hydrogens is 489 g/mol. The van der Waals surface area contributed by atoms with Crippen molar-refractivity contribution in [3.05, 3.63) is 90.3 Å². The molecule has 196 valence electrons. The molecule has 0 aliphatic carbocycles. The van der Waals surface area contributed by atoms with Crippen molar-refractivity contribution in [1.29, 1.82) is 0 Å². The van der Waals surface area contributed by atoms with E-state index in [0.29, 0.717) is 30.9 Å². The lowest BCUT2D eigenvalue weighted by Gasteiger charge is -2.21. The van der Waals surface area contributed by atoms with Crippen LogP contribution in [-0.4, -0.2) is 56.0 Å². The molecule has 10 nitrogen and oxygen atoms in total. The molecule has 0 bridgehead atoms. The Labute approximate surface area is 218 Å². The largest absolute Gasteiger partial charge is 0.442 e. The van der Waals surface area contributed by atoms with Gasteiger partial charge in [-0.2, -0.15) is 0 Å². The number of amides is 2. The number of aromatic nitrogens is 4. The van der Waals surface area contributed by atoms with Crippen molar-refractivity contribution in [3.63, 3.8) is 0 Å². The van der Waals surface area contributed by atoms with Gasteiger partial charge in [-0.05, 0) is 29.3 Å². The summed E-state index contributed by atoms with van der Waals surface area (Å²) in [5, 5.41) is 2.63. The summed E-state index contributed by atoms with van der Waals surface area (Å²) >= 11 is 0. The molecule has 1 aliphatic heterocycles. The number of hydrogen-bond acceptors (Lipinski definition) is 6. The van der Waals surface area contributed by atoms with Gasteiger partial charge in [0.1, 0.15) is 11.9 Å². The summed E-state index contributed by atoms with van der Waals surface area (Å²) in [5.41, 5.74) is 4.67. The Balaban J connectivity index is 1.26. The van der Waals surface area contributed by atoms with Gasteiger partial charge in [-0.1, -0.05) is 24.3 Å². The molecule has 1 fully saturated rings. The lowest BCUT2D eigenvalue weighted by molar-refractivity contribution is -0.119. The first-order chi connectivity index (χ1) is 18.4. The lowest BCUT2D eigenvalue weighted by Crippen LogP contribution is -2.33.